The van der Waals surface area contributed by atoms with Crippen molar-refractivity contribution >= 4 is 28.9 Å². The summed E-state index contributed by atoms with van der Waals surface area (Å²) >= 11 is 5.79. The number of thiocarbonyl (C=S) groups is 1. The second-order valence-corrected chi connectivity index (χ2v) is 10.1. The van der Waals surface area contributed by atoms with E-state index in [4.69, 9.17) is 12.2 Å². The van der Waals surface area contributed by atoms with Gasteiger partial charge in [0.1, 0.15) is 5.82 Å². The highest BCUT2D eigenvalue weighted by Crippen LogP contribution is 2.43. The molecule has 2 atom stereocenters. The summed E-state index contributed by atoms with van der Waals surface area (Å²) in [4.78, 5) is 19.5. The Morgan fingerprint density at radius 2 is 1.92 bits per heavy atom. The molecule has 188 valence electrons. The normalized spacial score (nSPS) is 20.1. The zero-order valence-corrected chi connectivity index (χ0v) is 21.5. The number of nitrogens with zero attached hydrogens (tertiary/aromatic N) is 3. The van der Waals surface area contributed by atoms with Crippen LogP contribution in [0.5, 0.6) is 0 Å². The summed E-state index contributed by atoms with van der Waals surface area (Å²) in [5, 5.41) is 6.96. The number of halogens is 1. The van der Waals surface area contributed by atoms with Crippen molar-refractivity contribution in [3.05, 3.63) is 83.2 Å². The Balaban J connectivity index is 1.42. The maximum Gasteiger partial charge on any atom is 0.226 e. The number of benzene rings is 1. The van der Waals surface area contributed by atoms with E-state index in [9.17, 15) is 9.18 Å². The van der Waals surface area contributed by atoms with Gasteiger partial charge < -0.3 is 20.1 Å². The van der Waals surface area contributed by atoms with Gasteiger partial charge in [0.25, 0.3) is 0 Å². The van der Waals surface area contributed by atoms with E-state index in [2.05, 4.69) is 45.0 Å². The van der Waals surface area contributed by atoms with Gasteiger partial charge in [0, 0.05) is 42.3 Å². The van der Waals surface area contributed by atoms with Crippen LogP contribution < -0.4 is 10.6 Å². The number of hydrogen-bond donors (Lipinski definition) is 2. The molecule has 1 aliphatic heterocycles. The predicted molar refractivity (Wildman–Crippen MR) is 143 cm³/mol. The highest BCUT2D eigenvalue weighted by molar-refractivity contribution is 7.80. The second-order valence-electron chi connectivity index (χ2n) is 9.76. The maximum absolute atomic E-state index is 13.2. The number of aryl methyl sites for hydroxylation is 1. The highest BCUT2D eigenvalue weighted by Gasteiger charge is 2.41. The van der Waals surface area contributed by atoms with Crippen molar-refractivity contribution in [3.63, 3.8) is 0 Å². The first-order valence-electron chi connectivity index (χ1n) is 12.6. The quantitative estimate of drug-likeness (QED) is 0.400. The van der Waals surface area contributed by atoms with Crippen LogP contribution in [-0.4, -0.2) is 32.0 Å². The smallest absolute Gasteiger partial charge is 0.226 e. The molecule has 2 N–H and O–H groups in total. The van der Waals surface area contributed by atoms with Crippen LogP contribution in [0.2, 0.25) is 0 Å². The van der Waals surface area contributed by atoms with Gasteiger partial charge in [0.15, 0.2) is 5.11 Å². The molecule has 6 nitrogen and oxygen atoms in total. The van der Waals surface area contributed by atoms with E-state index < -0.39 is 0 Å². The van der Waals surface area contributed by atoms with E-state index in [0.29, 0.717) is 23.4 Å². The first-order chi connectivity index (χ1) is 17.4. The van der Waals surface area contributed by atoms with Gasteiger partial charge in [-0.15, -0.1) is 0 Å². The summed E-state index contributed by atoms with van der Waals surface area (Å²) in [7, 11) is 0. The first-order valence-corrected chi connectivity index (χ1v) is 13.0. The van der Waals surface area contributed by atoms with Gasteiger partial charge >= 0.3 is 0 Å². The van der Waals surface area contributed by atoms with Crippen molar-refractivity contribution < 1.29 is 9.18 Å². The molecule has 3 heterocycles. The summed E-state index contributed by atoms with van der Waals surface area (Å²) in [6.07, 6.45) is 7.04. The zero-order chi connectivity index (χ0) is 25.2. The molecule has 1 saturated carbocycles. The largest absolute Gasteiger partial charge is 0.352 e. The summed E-state index contributed by atoms with van der Waals surface area (Å²) in [6.45, 7) is 4.85. The number of nitrogens with one attached hydrogen (secondary N) is 2. The van der Waals surface area contributed by atoms with Crippen LogP contribution in [0.3, 0.4) is 0 Å². The number of aromatic nitrogens is 2. The van der Waals surface area contributed by atoms with Crippen LogP contribution in [0.1, 0.15) is 72.9 Å². The Labute approximate surface area is 216 Å². The number of amides is 1. The molecule has 1 saturated heterocycles. The maximum atomic E-state index is 13.2. The summed E-state index contributed by atoms with van der Waals surface area (Å²) in [6, 6.07) is 14.4. The topological polar surface area (TPSA) is 62.2 Å². The average Bonchev–Trinajstić information content (AvgIpc) is 3.58. The Bertz CT molecular complexity index is 1240. The molecule has 2 aromatic heterocycles. The zero-order valence-electron chi connectivity index (χ0n) is 20.7. The molecule has 36 heavy (non-hydrogen) atoms. The summed E-state index contributed by atoms with van der Waals surface area (Å²) in [5.74, 6) is -0.471. The number of carbonyl (C=O) groups excluding carboxylic acids is 1. The molecular weight excluding hydrogens is 473 g/mol. The van der Waals surface area contributed by atoms with Crippen molar-refractivity contribution in [1.82, 2.24) is 19.8 Å². The molecule has 0 radical (unpaired) electrons. The van der Waals surface area contributed by atoms with Gasteiger partial charge in [0.05, 0.1) is 17.8 Å². The SMILES string of the molecule is Cc1cc([C@@H]2[C@H](c3ccccn3)NC(=S)N2CCC(=O)Nc2ccc(F)cc2)c(C)n1C1CCCC1. The molecule has 3 aromatic rings. The van der Waals surface area contributed by atoms with Crippen LogP contribution in [0.4, 0.5) is 10.1 Å². The van der Waals surface area contributed by atoms with Gasteiger partial charge in [-0.1, -0.05) is 18.9 Å². The predicted octanol–water partition coefficient (Wildman–Crippen LogP) is 5.76. The summed E-state index contributed by atoms with van der Waals surface area (Å²) in [5.41, 5.74) is 5.25. The Morgan fingerprint density at radius 1 is 1.17 bits per heavy atom. The van der Waals surface area contributed by atoms with Crippen LogP contribution in [0.25, 0.3) is 0 Å². The minimum Gasteiger partial charge on any atom is -0.352 e. The first kappa shape index (κ1) is 24.4. The van der Waals surface area contributed by atoms with Crippen molar-refractivity contribution in [2.75, 3.05) is 11.9 Å². The molecule has 1 aliphatic carbocycles. The second kappa shape index (κ2) is 10.4. The fourth-order valence-electron chi connectivity index (χ4n) is 5.79. The molecule has 0 bridgehead atoms. The third-order valence-corrected chi connectivity index (χ3v) is 7.79. The molecule has 1 aromatic carbocycles. The monoisotopic (exact) mass is 505 g/mol. The van der Waals surface area contributed by atoms with E-state index in [-0.39, 0.29) is 30.2 Å². The third kappa shape index (κ3) is 4.87. The lowest BCUT2D eigenvalue weighted by Gasteiger charge is -2.28. The van der Waals surface area contributed by atoms with Crippen LogP contribution >= 0.6 is 12.2 Å². The molecule has 0 spiro atoms. The number of rotatable bonds is 7. The molecule has 2 fully saturated rings. The Kier molecular flexibility index (Phi) is 7.05. The minimum atomic E-state index is -0.333. The molecule has 8 heteroatoms. The average molecular weight is 506 g/mol. The minimum absolute atomic E-state index is 0.0765. The van der Waals surface area contributed by atoms with Crippen LogP contribution in [-0.2, 0) is 4.79 Å². The van der Waals surface area contributed by atoms with Gasteiger partial charge in [-0.25, -0.2) is 4.39 Å². The van der Waals surface area contributed by atoms with E-state index in [0.717, 1.165) is 5.69 Å². The summed E-state index contributed by atoms with van der Waals surface area (Å²) < 4.78 is 15.7. The van der Waals surface area contributed by atoms with Crippen LogP contribution in [0.15, 0.2) is 54.7 Å². The standard InChI is InChI=1S/C28H32FN5OS/c1-18-17-23(19(2)34(18)22-7-3-4-8-22)27-26(24-9-5-6-15-30-24)32-28(36)33(27)16-14-25(35)31-21-12-10-20(29)11-13-21/h5-6,9-13,15,17,22,26-27H,3-4,7-8,14,16H2,1-2H3,(H,31,35)(H,32,36)/t26-,27+/m0/s1. The fraction of sp³-hybridized carbons (Fsp3) is 0.393. The molecule has 0 unspecified atom stereocenters. The molecular formula is C28H32FN5OS. The number of pyridine rings is 1. The van der Waals surface area contributed by atoms with E-state index in [1.54, 1.807) is 18.3 Å². The van der Waals surface area contributed by atoms with Crippen molar-refractivity contribution in [1.29, 1.82) is 0 Å². The number of anilines is 1. The van der Waals surface area contributed by atoms with Gasteiger partial charge in [-0.3, -0.25) is 9.78 Å². The third-order valence-electron chi connectivity index (χ3n) is 7.44. The lowest BCUT2D eigenvalue weighted by Crippen LogP contribution is -2.33. The number of carbonyl (C=O) groups is 1. The highest BCUT2D eigenvalue weighted by atomic mass is 32.1. The molecule has 5 rings (SSSR count). The Morgan fingerprint density at radius 3 is 2.61 bits per heavy atom. The Hall–Kier alpha value is -3.26. The van der Waals surface area contributed by atoms with Crippen LogP contribution in [0, 0.1) is 19.7 Å². The van der Waals surface area contributed by atoms with E-state index in [1.165, 1.54) is 54.8 Å². The van der Waals surface area contributed by atoms with E-state index in [1.807, 2.05) is 18.2 Å². The van der Waals surface area contributed by atoms with Crippen molar-refractivity contribution in [2.24, 2.45) is 0 Å². The van der Waals surface area contributed by atoms with E-state index >= 15 is 0 Å². The van der Waals surface area contributed by atoms with Gasteiger partial charge in [-0.05, 0) is 86.9 Å². The fourth-order valence-corrected chi connectivity index (χ4v) is 6.12. The molecule has 1 amide bonds. The molecule has 2 aliphatic rings. The van der Waals surface area contributed by atoms with Crippen molar-refractivity contribution in [2.45, 2.75) is 64.1 Å². The number of hydrogen-bond acceptors (Lipinski definition) is 3. The lowest BCUT2D eigenvalue weighted by molar-refractivity contribution is -0.116. The van der Waals surface area contributed by atoms with Gasteiger partial charge in [0.2, 0.25) is 5.91 Å². The lowest BCUT2D eigenvalue weighted by atomic mass is 9.96. The van der Waals surface area contributed by atoms with Gasteiger partial charge in [-0.2, -0.15) is 0 Å². The van der Waals surface area contributed by atoms with Crippen molar-refractivity contribution in [3.8, 4) is 0 Å².